The second-order valence-corrected chi connectivity index (χ2v) is 13.2. The Kier molecular flexibility index (Phi) is 12.4. The molecule has 0 aliphatic carbocycles. The Morgan fingerprint density at radius 2 is 1.43 bits per heavy atom. The predicted molar refractivity (Wildman–Crippen MR) is 174 cm³/mol. The van der Waals surface area contributed by atoms with Gasteiger partial charge in [-0.1, -0.05) is 30.3 Å². The lowest BCUT2D eigenvalue weighted by molar-refractivity contribution is -0.190. The minimum atomic E-state index is -5.65. The molecule has 1 aliphatic rings. The van der Waals surface area contributed by atoms with Gasteiger partial charge in [-0.3, -0.25) is 10.8 Å². The maximum absolute atomic E-state index is 13.3. The minimum absolute atomic E-state index is 0.0436. The van der Waals surface area contributed by atoms with Gasteiger partial charge >= 0.3 is 24.3 Å². The van der Waals surface area contributed by atoms with Crippen molar-refractivity contribution in [2.75, 3.05) is 19.7 Å². The van der Waals surface area contributed by atoms with Gasteiger partial charge in [-0.05, 0) is 48.4 Å². The molecule has 1 fully saturated rings. The van der Waals surface area contributed by atoms with Crippen LogP contribution in [0.2, 0.25) is 0 Å². The largest absolute Gasteiger partial charge is 0.491 e. The molecular weight excluding hydrogens is 742 g/mol. The number of nitrogens with two attached hydrogens (primary N) is 2. The van der Waals surface area contributed by atoms with E-state index in [1.165, 1.54) is 24.3 Å². The number of alkyl halides is 6. The number of carbonyl (C=O) groups excluding carboxylic acids is 2. The monoisotopic (exact) mass is 774 g/mol. The van der Waals surface area contributed by atoms with Crippen molar-refractivity contribution in [1.82, 2.24) is 9.62 Å². The summed E-state index contributed by atoms with van der Waals surface area (Å²) in [6.45, 7) is 0.156. The molecule has 0 aromatic heterocycles. The van der Waals surface area contributed by atoms with E-state index in [1.807, 2.05) is 0 Å². The van der Waals surface area contributed by atoms with E-state index in [0.29, 0.717) is 49.4 Å². The highest BCUT2D eigenvalue weighted by Gasteiger charge is 2.44. The molecule has 1 saturated heterocycles. The maximum atomic E-state index is 13.3. The van der Waals surface area contributed by atoms with Crippen molar-refractivity contribution in [3.63, 3.8) is 0 Å². The zero-order valence-electron chi connectivity index (χ0n) is 27.3. The third-order valence-corrected chi connectivity index (χ3v) is 9.06. The van der Waals surface area contributed by atoms with Crippen LogP contribution in [0.1, 0.15) is 24.0 Å². The van der Waals surface area contributed by atoms with Crippen LogP contribution in [0.15, 0.2) is 71.6 Å². The Hall–Kier alpha value is -5.57. The summed E-state index contributed by atoms with van der Waals surface area (Å²) in [4.78, 5) is 25.1. The SMILES string of the molecule is N=C(N)c1ccc(OC(=O)C(F)(F)F)c(OC[C@H](Cc2ccc(OC3CCN(C(=N)N)CC3)cc2)NS(=O)(=O)c2ccccc2)c1OC(=O)C(F)(F)F. The number of hydrogen-bond donors (Lipinski definition) is 5. The second kappa shape index (κ2) is 16.4. The number of sulfonamides is 1. The Balaban J connectivity index is 1.67. The first-order valence-electron chi connectivity index (χ1n) is 15.4. The summed E-state index contributed by atoms with van der Waals surface area (Å²) >= 11 is 0. The van der Waals surface area contributed by atoms with Crippen LogP contribution in [0.5, 0.6) is 23.0 Å². The average molecular weight is 775 g/mol. The maximum Gasteiger partial charge on any atom is 0.491 e. The molecule has 286 valence electrons. The third-order valence-electron chi connectivity index (χ3n) is 7.52. The van der Waals surface area contributed by atoms with Gasteiger partial charge in [-0.15, -0.1) is 0 Å². The summed E-state index contributed by atoms with van der Waals surface area (Å²) in [7, 11) is -4.35. The zero-order chi connectivity index (χ0) is 39.1. The van der Waals surface area contributed by atoms with E-state index < -0.39 is 75.6 Å². The lowest BCUT2D eigenvalue weighted by Crippen LogP contribution is -2.44. The number of piperidine rings is 1. The van der Waals surface area contributed by atoms with Crippen LogP contribution in [0, 0.1) is 10.8 Å². The van der Waals surface area contributed by atoms with Crippen molar-refractivity contribution in [3.05, 3.63) is 77.9 Å². The molecule has 1 aliphatic heterocycles. The molecule has 4 rings (SSSR count). The predicted octanol–water partition coefficient (Wildman–Crippen LogP) is 3.61. The fourth-order valence-electron chi connectivity index (χ4n) is 4.98. The average Bonchev–Trinajstić information content (AvgIpc) is 3.08. The number of guanidine groups is 1. The van der Waals surface area contributed by atoms with Crippen molar-refractivity contribution >= 4 is 33.8 Å². The van der Waals surface area contributed by atoms with Gasteiger partial charge in [0.25, 0.3) is 0 Å². The van der Waals surface area contributed by atoms with Crippen LogP contribution in [0.4, 0.5) is 26.3 Å². The summed E-state index contributed by atoms with van der Waals surface area (Å²) in [5.41, 5.74) is 10.7. The van der Waals surface area contributed by atoms with Crippen molar-refractivity contribution in [3.8, 4) is 23.0 Å². The Labute approximate surface area is 298 Å². The highest BCUT2D eigenvalue weighted by molar-refractivity contribution is 7.89. The van der Waals surface area contributed by atoms with Crippen LogP contribution < -0.4 is 35.1 Å². The number of ether oxygens (including phenoxy) is 4. The summed E-state index contributed by atoms with van der Waals surface area (Å²) in [6, 6.07) is 13.2. The van der Waals surface area contributed by atoms with Crippen LogP contribution in [0.3, 0.4) is 0 Å². The zero-order valence-corrected chi connectivity index (χ0v) is 28.1. The minimum Gasteiger partial charge on any atom is -0.490 e. The van der Waals surface area contributed by atoms with Crippen molar-refractivity contribution in [1.29, 1.82) is 10.8 Å². The highest BCUT2D eigenvalue weighted by Crippen LogP contribution is 2.42. The third kappa shape index (κ3) is 11.0. The number of likely N-dealkylation sites (tertiary alicyclic amines) is 1. The van der Waals surface area contributed by atoms with E-state index in [9.17, 15) is 44.3 Å². The van der Waals surface area contributed by atoms with E-state index in [-0.39, 0.29) is 23.4 Å². The molecule has 0 unspecified atom stereocenters. The number of nitrogen functional groups attached to an aromatic ring is 1. The van der Waals surface area contributed by atoms with Gasteiger partial charge in [-0.2, -0.15) is 26.3 Å². The standard InChI is InChI=1S/C32H32F6N6O8S/c33-31(34,35)28(45)51-24-11-10-23(27(39)40)25(52-29(46)32(36,37)38)26(24)49-17-19(43-53(47,48)22-4-2-1-3-5-22)16-18-6-8-20(9-7-18)50-21-12-14-44(15-13-21)30(41)42/h1-11,19,21,43H,12-17H2,(H3,39,40)(H3,41,42)/t19-/m0/s1. The van der Waals surface area contributed by atoms with Crippen LogP contribution >= 0.6 is 0 Å². The number of amidine groups is 1. The molecule has 3 aromatic carbocycles. The highest BCUT2D eigenvalue weighted by atomic mass is 32.2. The van der Waals surface area contributed by atoms with Crippen molar-refractivity contribution in [2.45, 2.75) is 48.7 Å². The number of rotatable bonds is 13. The molecule has 0 amide bonds. The van der Waals surface area contributed by atoms with Gasteiger partial charge in [0.05, 0.1) is 16.5 Å². The van der Waals surface area contributed by atoms with Crippen LogP contribution in [0.25, 0.3) is 0 Å². The number of nitrogens with zero attached hydrogens (tertiary/aromatic N) is 1. The summed E-state index contributed by atoms with van der Waals surface area (Å²) in [6.07, 6.45) is -10.5. The Morgan fingerprint density at radius 1 is 0.849 bits per heavy atom. The van der Waals surface area contributed by atoms with E-state index in [2.05, 4.69) is 14.2 Å². The van der Waals surface area contributed by atoms with Gasteiger partial charge in [0.1, 0.15) is 24.3 Å². The summed E-state index contributed by atoms with van der Waals surface area (Å²) < 4.78 is 128. The molecule has 3 aromatic rings. The quantitative estimate of drug-likeness (QED) is 0.0555. The molecule has 21 heteroatoms. The van der Waals surface area contributed by atoms with Crippen molar-refractivity contribution < 1.29 is 63.3 Å². The number of halogens is 6. The molecule has 0 saturated carbocycles. The smallest absolute Gasteiger partial charge is 0.490 e. The molecule has 0 radical (unpaired) electrons. The first-order chi connectivity index (χ1) is 24.7. The topological polar surface area (TPSA) is 220 Å². The molecule has 14 nitrogen and oxygen atoms in total. The second-order valence-electron chi connectivity index (χ2n) is 11.4. The van der Waals surface area contributed by atoms with Crippen molar-refractivity contribution in [2.24, 2.45) is 11.5 Å². The molecule has 0 spiro atoms. The van der Waals surface area contributed by atoms with Gasteiger partial charge < -0.3 is 35.3 Å². The first kappa shape index (κ1) is 40.2. The first-order valence-corrected chi connectivity index (χ1v) is 16.9. The molecule has 7 N–H and O–H groups in total. The van der Waals surface area contributed by atoms with E-state index >= 15 is 0 Å². The molecule has 53 heavy (non-hydrogen) atoms. The lowest BCUT2D eigenvalue weighted by Gasteiger charge is -2.32. The van der Waals surface area contributed by atoms with E-state index in [4.69, 9.17) is 31.8 Å². The number of esters is 2. The number of benzene rings is 3. The molecule has 1 heterocycles. The fourth-order valence-corrected chi connectivity index (χ4v) is 6.23. The Morgan fingerprint density at radius 3 is 1.98 bits per heavy atom. The molecule has 1 atom stereocenters. The van der Waals surface area contributed by atoms with E-state index in [1.54, 1.807) is 35.2 Å². The summed E-state index contributed by atoms with van der Waals surface area (Å²) in [5.74, 6) is -10.1. The fraction of sp³-hybridized carbons (Fsp3) is 0.312. The van der Waals surface area contributed by atoms with Gasteiger partial charge in [0.15, 0.2) is 17.5 Å². The van der Waals surface area contributed by atoms with Gasteiger partial charge in [0, 0.05) is 25.9 Å². The lowest BCUT2D eigenvalue weighted by atomic mass is 10.1. The number of nitrogens with one attached hydrogen (secondary N) is 3. The normalized spacial score (nSPS) is 14.6. The Bertz CT molecular complexity index is 1920. The van der Waals surface area contributed by atoms with Crippen LogP contribution in [-0.2, 0) is 26.0 Å². The number of carbonyl (C=O) groups is 2. The van der Waals surface area contributed by atoms with Crippen LogP contribution in [-0.4, -0.2) is 81.2 Å². The summed E-state index contributed by atoms with van der Waals surface area (Å²) in [5, 5.41) is 15.3. The van der Waals surface area contributed by atoms with E-state index in [0.717, 1.165) is 0 Å². The number of hydrogen-bond acceptors (Lipinski definition) is 10. The van der Waals surface area contributed by atoms with Gasteiger partial charge in [0.2, 0.25) is 15.8 Å². The molecular formula is C32H32F6N6O8S. The van der Waals surface area contributed by atoms with Gasteiger partial charge in [-0.25, -0.2) is 22.7 Å². The molecule has 0 bridgehead atoms.